The van der Waals surface area contributed by atoms with Gasteiger partial charge in [-0.25, -0.2) is 0 Å². The summed E-state index contributed by atoms with van der Waals surface area (Å²) in [6, 6.07) is 7.96. The van der Waals surface area contributed by atoms with Crippen LogP contribution in [0.5, 0.6) is 5.75 Å². The lowest BCUT2D eigenvalue weighted by Gasteiger charge is -2.08. The van der Waals surface area contributed by atoms with Crippen molar-refractivity contribution in [3.8, 4) is 5.75 Å². The predicted molar refractivity (Wildman–Crippen MR) is 66.6 cm³/mol. The van der Waals surface area contributed by atoms with Crippen molar-refractivity contribution >= 4 is 15.9 Å². The van der Waals surface area contributed by atoms with Gasteiger partial charge in [0.15, 0.2) is 0 Å². The molecule has 0 atom stereocenters. The van der Waals surface area contributed by atoms with Gasteiger partial charge in [-0.15, -0.1) is 0 Å². The van der Waals surface area contributed by atoms with E-state index in [4.69, 9.17) is 4.74 Å². The van der Waals surface area contributed by atoms with Crippen LogP contribution in [0.25, 0.3) is 0 Å². The van der Waals surface area contributed by atoms with Crippen LogP contribution in [0.3, 0.4) is 0 Å². The Kier molecular flexibility index (Phi) is 3.62. The summed E-state index contributed by atoms with van der Waals surface area (Å²) < 4.78 is 8.50. The summed E-state index contributed by atoms with van der Waals surface area (Å²) in [4.78, 5) is 0. The van der Waals surface area contributed by atoms with E-state index in [-0.39, 0.29) is 0 Å². The highest BCUT2D eigenvalue weighted by Crippen LogP contribution is 2.25. The third-order valence-electron chi connectivity index (χ3n) is 2.22. The molecule has 2 aromatic rings. The number of aromatic nitrogens is 2. The zero-order valence-electron chi connectivity index (χ0n) is 9.06. The van der Waals surface area contributed by atoms with E-state index in [0.29, 0.717) is 6.61 Å². The van der Waals surface area contributed by atoms with Gasteiger partial charge in [0, 0.05) is 12.4 Å². The van der Waals surface area contributed by atoms with Crippen molar-refractivity contribution in [2.24, 2.45) is 0 Å². The summed E-state index contributed by atoms with van der Waals surface area (Å²) in [5, 5.41) is 4.11. The molecule has 0 N–H and O–H groups in total. The molecular formula is C12H13BrN2O. The van der Waals surface area contributed by atoms with Crippen LogP contribution in [0.15, 0.2) is 41.1 Å². The Morgan fingerprint density at radius 2 is 2.31 bits per heavy atom. The van der Waals surface area contributed by atoms with Gasteiger partial charge in [0.1, 0.15) is 12.4 Å². The first-order valence-corrected chi connectivity index (χ1v) is 5.91. The van der Waals surface area contributed by atoms with Crippen molar-refractivity contribution in [3.05, 3.63) is 46.7 Å². The second-order valence-electron chi connectivity index (χ2n) is 3.55. The Hall–Kier alpha value is -1.29. The summed E-state index contributed by atoms with van der Waals surface area (Å²) in [5.74, 6) is 0.873. The smallest absolute Gasteiger partial charge is 0.133 e. The lowest BCUT2D eigenvalue weighted by Crippen LogP contribution is -2.08. The van der Waals surface area contributed by atoms with Crippen LogP contribution in [0.4, 0.5) is 0 Å². The Morgan fingerprint density at radius 1 is 1.44 bits per heavy atom. The van der Waals surface area contributed by atoms with Gasteiger partial charge in [0.05, 0.1) is 11.0 Å². The normalized spacial score (nSPS) is 10.4. The molecule has 0 bridgehead atoms. The third-order valence-corrected chi connectivity index (χ3v) is 2.84. The first-order chi connectivity index (χ1) is 7.75. The maximum absolute atomic E-state index is 5.66. The minimum Gasteiger partial charge on any atom is -0.490 e. The second-order valence-corrected chi connectivity index (χ2v) is 4.41. The molecule has 0 aliphatic heterocycles. The number of aryl methyl sites for hydroxylation is 1. The molecule has 0 saturated heterocycles. The Labute approximate surface area is 103 Å². The molecule has 3 nitrogen and oxygen atoms in total. The van der Waals surface area contributed by atoms with Crippen LogP contribution in [-0.2, 0) is 6.54 Å². The van der Waals surface area contributed by atoms with Crippen molar-refractivity contribution in [1.82, 2.24) is 9.78 Å². The number of hydrogen-bond donors (Lipinski definition) is 0. The molecule has 0 aliphatic rings. The average Bonchev–Trinajstić information content (AvgIpc) is 2.74. The number of benzene rings is 1. The fourth-order valence-corrected chi connectivity index (χ4v) is 2.01. The summed E-state index contributed by atoms with van der Waals surface area (Å²) in [7, 11) is 0. The molecule has 2 rings (SSSR count). The van der Waals surface area contributed by atoms with Crippen molar-refractivity contribution in [2.75, 3.05) is 6.61 Å². The molecule has 1 heterocycles. The van der Waals surface area contributed by atoms with E-state index in [1.165, 1.54) is 5.56 Å². The number of nitrogens with zero attached hydrogens (tertiary/aromatic N) is 2. The molecule has 0 fully saturated rings. The monoisotopic (exact) mass is 280 g/mol. The second kappa shape index (κ2) is 5.16. The lowest BCUT2D eigenvalue weighted by atomic mass is 10.2. The first kappa shape index (κ1) is 11.2. The topological polar surface area (TPSA) is 27.1 Å². The van der Waals surface area contributed by atoms with Gasteiger partial charge < -0.3 is 4.74 Å². The molecule has 4 heteroatoms. The molecule has 16 heavy (non-hydrogen) atoms. The molecule has 0 amide bonds. The summed E-state index contributed by atoms with van der Waals surface area (Å²) in [6.45, 7) is 3.43. The maximum Gasteiger partial charge on any atom is 0.133 e. The summed E-state index contributed by atoms with van der Waals surface area (Å²) >= 11 is 3.48. The number of ether oxygens (including phenoxy) is 1. The predicted octanol–water partition coefficient (Wildman–Crippen LogP) is 3.03. The largest absolute Gasteiger partial charge is 0.490 e. The van der Waals surface area contributed by atoms with Gasteiger partial charge in [-0.2, -0.15) is 5.10 Å². The molecule has 0 radical (unpaired) electrons. The summed E-state index contributed by atoms with van der Waals surface area (Å²) in [6.07, 6.45) is 3.69. The van der Waals surface area contributed by atoms with E-state index < -0.39 is 0 Å². The average molecular weight is 281 g/mol. The fourth-order valence-electron chi connectivity index (χ4n) is 1.40. The number of hydrogen-bond acceptors (Lipinski definition) is 2. The highest BCUT2D eigenvalue weighted by molar-refractivity contribution is 9.10. The molecule has 84 valence electrons. The minimum atomic E-state index is 0.614. The zero-order chi connectivity index (χ0) is 11.4. The van der Waals surface area contributed by atoms with Crippen LogP contribution >= 0.6 is 15.9 Å². The SMILES string of the molecule is Cc1ccc(OCCn2cccn2)c(Br)c1. The molecular weight excluding hydrogens is 268 g/mol. The summed E-state index contributed by atoms with van der Waals surface area (Å²) in [5.41, 5.74) is 1.21. The lowest BCUT2D eigenvalue weighted by molar-refractivity contribution is 0.289. The van der Waals surface area contributed by atoms with Gasteiger partial charge in [0.2, 0.25) is 0 Å². The van der Waals surface area contributed by atoms with E-state index in [2.05, 4.69) is 28.0 Å². The van der Waals surface area contributed by atoms with Crippen LogP contribution < -0.4 is 4.74 Å². The van der Waals surface area contributed by atoms with Crippen molar-refractivity contribution in [3.63, 3.8) is 0 Å². The fraction of sp³-hybridized carbons (Fsp3) is 0.250. The molecule has 0 unspecified atom stereocenters. The van der Waals surface area contributed by atoms with Crippen molar-refractivity contribution in [2.45, 2.75) is 13.5 Å². The van der Waals surface area contributed by atoms with Crippen LogP contribution in [-0.4, -0.2) is 16.4 Å². The van der Waals surface area contributed by atoms with Crippen LogP contribution in [0, 0.1) is 6.92 Å². The van der Waals surface area contributed by atoms with Gasteiger partial charge in [-0.05, 0) is 46.6 Å². The van der Waals surface area contributed by atoms with E-state index in [1.807, 2.05) is 35.1 Å². The highest BCUT2D eigenvalue weighted by atomic mass is 79.9. The Balaban J connectivity index is 1.90. The number of rotatable bonds is 4. The van der Waals surface area contributed by atoms with Crippen molar-refractivity contribution in [1.29, 1.82) is 0 Å². The quantitative estimate of drug-likeness (QED) is 0.861. The molecule has 1 aromatic carbocycles. The third kappa shape index (κ3) is 2.85. The van der Waals surface area contributed by atoms with E-state index in [0.717, 1.165) is 16.8 Å². The zero-order valence-corrected chi connectivity index (χ0v) is 10.6. The van der Waals surface area contributed by atoms with E-state index in [1.54, 1.807) is 6.20 Å². The standard InChI is InChI=1S/C12H13BrN2O/c1-10-3-4-12(11(13)9-10)16-8-7-15-6-2-5-14-15/h2-6,9H,7-8H2,1H3. The van der Waals surface area contributed by atoms with E-state index >= 15 is 0 Å². The maximum atomic E-state index is 5.66. The molecule has 0 aliphatic carbocycles. The Morgan fingerprint density at radius 3 is 3.00 bits per heavy atom. The highest BCUT2D eigenvalue weighted by Gasteiger charge is 2.00. The molecule has 0 spiro atoms. The first-order valence-electron chi connectivity index (χ1n) is 5.12. The van der Waals surface area contributed by atoms with Crippen molar-refractivity contribution < 1.29 is 4.74 Å². The van der Waals surface area contributed by atoms with E-state index in [9.17, 15) is 0 Å². The number of halogens is 1. The molecule has 1 aromatic heterocycles. The Bertz CT molecular complexity index is 454. The van der Waals surface area contributed by atoms with Gasteiger partial charge in [0.25, 0.3) is 0 Å². The van der Waals surface area contributed by atoms with Crippen LogP contribution in [0.1, 0.15) is 5.56 Å². The molecule has 0 saturated carbocycles. The van der Waals surface area contributed by atoms with Gasteiger partial charge in [-0.3, -0.25) is 4.68 Å². The van der Waals surface area contributed by atoms with Crippen LogP contribution in [0.2, 0.25) is 0 Å². The minimum absolute atomic E-state index is 0.614. The van der Waals surface area contributed by atoms with Gasteiger partial charge in [-0.1, -0.05) is 6.07 Å². The van der Waals surface area contributed by atoms with Gasteiger partial charge >= 0.3 is 0 Å².